The van der Waals surface area contributed by atoms with Crippen molar-refractivity contribution in [1.29, 1.82) is 0 Å². The molecule has 0 aromatic heterocycles. The Morgan fingerprint density at radius 3 is 2.43 bits per heavy atom. The zero-order chi connectivity index (χ0) is 19.8. The number of hydrogen-bond donors (Lipinski definition) is 1. The van der Waals surface area contributed by atoms with Gasteiger partial charge in [0, 0.05) is 17.6 Å². The van der Waals surface area contributed by atoms with Crippen molar-refractivity contribution in [2.75, 3.05) is 6.61 Å². The molecular weight excluding hydrogens is 370 g/mol. The minimum atomic E-state index is 0.274. The highest BCUT2D eigenvalue weighted by molar-refractivity contribution is 6.30. The molecule has 0 fully saturated rings. The van der Waals surface area contributed by atoms with E-state index in [1.807, 2.05) is 49.4 Å². The van der Waals surface area contributed by atoms with E-state index in [0.29, 0.717) is 18.2 Å². The summed E-state index contributed by atoms with van der Waals surface area (Å²) in [6.07, 6.45) is 0. The van der Waals surface area contributed by atoms with Crippen LogP contribution in [-0.2, 0) is 13.2 Å². The molecule has 1 N–H and O–H groups in total. The Balaban J connectivity index is 1.64. The molecule has 3 nitrogen and oxygen atoms in total. The molecule has 0 spiro atoms. The van der Waals surface area contributed by atoms with Crippen LogP contribution in [0.2, 0.25) is 5.02 Å². The molecule has 146 valence electrons. The summed E-state index contributed by atoms with van der Waals surface area (Å²) in [5, 5.41) is 4.27. The minimum Gasteiger partial charge on any atom is -0.490 e. The first kappa shape index (κ1) is 20.2. The smallest absolute Gasteiger partial charge is 0.161 e. The second kappa shape index (κ2) is 10.2. The second-order valence-corrected chi connectivity index (χ2v) is 7.08. The van der Waals surface area contributed by atoms with Crippen LogP contribution in [0.1, 0.15) is 36.6 Å². The number of rotatable bonds is 9. The molecule has 0 bridgehead atoms. The molecule has 0 saturated heterocycles. The lowest BCUT2D eigenvalue weighted by atomic mass is 10.1. The van der Waals surface area contributed by atoms with Gasteiger partial charge in [-0.3, -0.25) is 0 Å². The van der Waals surface area contributed by atoms with Gasteiger partial charge in [-0.15, -0.1) is 0 Å². The van der Waals surface area contributed by atoms with Gasteiger partial charge >= 0.3 is 0 Å². The molecule has 1 unspecified atom stereocenters. The normalized spacial score (nSPS) is 11.8. The third-order valence-corrected chi connectivity index (χ3v) is 4.74. The quantitative estimate of drug-likeness (QED) is 0.470. The summed E-state index contributed by atoms with van der Waals surface area (Å²) >= 11 is 6.05. The van der Waals surface area contributed by atoms with Crippen molar-refractivity contribution < 1.29 is 9.47 Å². The number of nitrogens with one attached hydrogen (secondary N) is 1. The molecular formula is C24H26ClNO2. The fourth-order valence-corrected chi connectivity index (χ4v) is 3.18. The lowest BCUT2D eigenvalue weighted by Crippen LogP contribution is -2.18. The topological polar surface area (TPSA) is 30.5 Å². The minimum absolute atomic E-state index is 0.274. The van der Waals surface area contributed by atoms with E-state index in [-0.39, 0.29) is 6.04 Å². The van der Waals surface area contributed by atoms with Gasteiger partial charge in [0.15, 0.2) is 11.5 Å². The Hall–Kier alpha value is -2.49. The van der Waals surface area contributed by atoms with Gasteiger partial charge in [0.1, 0.15) is 6.61 Å². The highest BCUT2D eigenvalue weighted by atomic mass is 35.5. The molecule has 3 aromatic carbocycles. The average Bonchev–Trinajstić information content (AvgIpc) is 2.72. The zero-order valence-corrected chi connectivity index (χ0v) is 17.1. The molecule has 0 amide bonds. The SMILES string of the molecule is CCOc1cc(CNC(C)c2ccccc2)ccc1OCc1cccc(Cl)c1. The van der Waals surface area contributed by atoms with Crippen LogP contribution in [0, 0.1) is 0 Å². The molecule has 0 aliphatic rings. The maximum atomic E-state index is 6.05. The van der Waals surface area contributed by atoms with Crippen molar-refractivity contribution in [3.05, 3.63) is 94.5 Å². The van der Waals surface area contributed by atoms with Crippen LogP contribution < -0.4 is 14.8 Å². The van der Waals surface area contributed by atoms with Crippen molar-refractivity contribution in [1.82, 2.24) is 5.32 Å². The Kier molecular flexibility index (Phi) is 7.35. The molecule has 4 heteroatoms. The summed E-state index contributed by atoms with van der Waals surface area (Å²) in [7, 11) is 0. The number of ether oxygens (including phenoxy) is 2. The van der Waals surface area contributed by atoms with Crippen LogP contribution in [-0.4, -0.2) is 6.61 Å². The fraction of sp³-hybridized carbons (Fsp3) is 0.250. The van der Waals surface area contributed by atoms with E-state index in [1.54, 1.807) is 0 Å². The van der Waals surface area contributed by atoms with Crippen LogP contribution in [0.4, 0.5) is 0 Å². The van der Waals surface area contributed by atoms with Crippen molar-refractivity contribution in [3.63, 3.8) is 0 Å². The van der Waals surface area contributed by atoms with Gasteiger partial charge < -0.3 is 14.8 Å². The Morgan fingerprint density at radius 2 is 1.68 bits per heavy atom. The van der Waals surface area contributed by atoms with Crippen molar-refractivity contribution in [2.45, 2.75) is 33.0 Å². The summed E-state index contributed by atoms with van der Waals surface area (Å²) < 4.78 is 11.8. The molecule has 0 aliphatic carbocycles. The van der Waals surface area contributed by atoms with Gasteiger partial charge in [0.05, 0.1) is 6.61 Å². The van der Waals surface area contributed by atoms with Gasteiger partial charge in [-0.05, 0) is 54.8 Å². The highest BCUT2D eigenvalue weighted by Gasteiger charge is 2.09. The van der Waals surface area contributed by atoms with Crippen LogP contribution in [0.15, 0.2) is 72.8 Å². The number of benzene rings is 3. The van der Waals surface area contributed by atoms with Gasteiger partial charge in [-0.2, -0.15) is 0 Å². The van der Waals surface area contributed by atoms with Gasteiger partial charge in [-0.1, -0.05) is 60.1 Å². The fourth-order valence-electron chi connectivity index (χ4n) is 2.97. The molecule has 3 rings (SSSR count). The maximum absolute atomic E-state index is 6.05. The van der Waals surface area contributed by atoms with E-state index in [0.717, 1.165) is 29.2 Å². The Labute approximate surface area is 172 Å². The molecule has 0 heterocycles. The Morgan fingerprint density at radius 1 is 0.857 bits per heavy atom. The predicted molar refractivity (Wildman–Crippen MR) is 115 cm³/mol. The molecule has 1 atom stereocenters. The van der Waals surface area contributed by atoms with Gasteiger partial charge in [0.25, 0.3) is 0 Å². The first-order chi connectivity index (χ1) is 13.7. The summed E-state index contributed by atoms with van der Waals surface area (Å²) in [6.45, 7) is 5.93. The molecule has 0 saturated carbocycles. The number of hydrogen-bond acceptors (Lipinski definition) is 3. The molecule has 0 aliphatic heterocycles. The van der Waals surface area contributed by atoms with E-state index in [2.05, 4.69) is 42.6 Å². The zero-order valence-electron chi connectivity index (χ0n) is 16.3. The molecule has 0 radical (unpaired) electrons. The van der Waals surface area contributed by atoms with E-state index in [1.165, 1.54) is 5.56 Å². The van der Waals surface area contributed by atoms with Gasteiger partial charge in [-0.25, -0.2) is 0 Å². The van der Waals surface area contributed by atoms with E-state index < -0.39 is 0 Å². The first-order valence-electron chi connectivity index (χ1n) is 9.57. The first-order valence-corrected chi connectivity index (χ1v) is 9.95. The van der Waals surface area contributed by atoms with E-state index in [9.17, 15) is 0 Å². The summed E-state index contributed by atoms with van der Waals surface area (Å²) in [4.78, 5) is 0. The Bertz CT molecular complexity index is 883. The third kappa shape index (κ3) is 5.75. The highest BCUT2D eigenvalue weighted by Crippen LogP contribution is 2.30. The van der Waals surface area contributed by atoms with Crippen LogP contribution in [0.25, 0.3) is 0 Å². The standard InChI is InChI=1S/C24H26ClNO2/c1-3-27-24-15-19(16-26-18(2)21-9-5-4-6-10-21)12-13-23(24)28-17-20-8-7-11-22(25)14-20/h4-15,18,26H,3,16-17H2,1-2H3. The monoisotopic (exact) mass is 395 g/mol. The summed E-state index contributed by atoms with van der Waals surface area (Å²) in [5.74, 6) is 1.50. The van der Waals surface area contributed by atoms with Crippen LogP contribution >= 0.6 is 11.6 Å². The molecule has 3 aromatic rings. The van der Waals surface area contributed by atoms with Gasteiger partial charge in [0.2, 0.25) is 0 Å². The number of halogens is 1. The van der Waals surface area contributed by atoms with Crippen LogP contribution in [0.5, 0.6) is 11.5 Å². The third-order valence-electron chi connectivity index (χ3n) is 4.50. The average molecular weight is 396 g/mol. The maximum Gasteiger partial charge on any atom is 0.161 e. The second-order valence-electron chi connectivity index (χ2n) is 6.65. The molecule has 28 heavy (non-hydrogen) atoms. The lowest BCUT2D eigenvalue weighted by molar-refractivity contribution is 0.269. The van der Waals surface area contributed by atoms with Crippen molar-refractivity contribution in [2.24, 2.45) is 0 Å². The van der Waals surface area contributed by atoms with Crippen molar-refractivity contribution in [3.8, 4) is 11.5 Å². The summed E-state index contributed by atoms with van der Waals surface area (Å²) in [6, 6.07) is 24.5. The van der Waals surface area contributed by atoms with Crippen LogP contribution in [0.3, 0.4) is 0 Å². The summed E-state index contributed by atoms with van der Waals surface area (Å²) in [5.41, 5.74) is 3.45. The lowest BCUT2D eigenvalue weighted by Gasteiger charge is -2.16. The van der Waals surface area contributed by atoms with E-state index in [4.69, 9.17) is 21.1 Å². The van der Waals surface area contributed by atoms with E-state index >= 15 is 0 Å². The largest absolute Gasteiger partial charge is 0.490 e. The predicted octanol–water partition coefficient (Wildman–Crippen LogP) is 6.17. The van der Waals surface area contributed by atoms with Crippen molar-refractivity contribution >= 4 is 11.6 Å².